The molecule has 1 saturated heterocycles. The Morgan fingerprint density at radius 1 is 1.22 bits per heavy atom. The van der Waals surface area contributed by atoms with E-state index in [9.17, 15) is 19.1 Å². The molecule has 1 aromatic rings. The summed E-state index contributed by atoms with van der Waals surface area (Å²) in [6.45, 7) is 0.307. The Bertz CT molecular complexity index is 871. The van der Waals surface area contributed by atoms with Crippen LogP contribution in [0.4, 0.5) is 4.39 Å². The van der Waals surface area contributed by atoms with Crippen LogP contribution in [0.3, 0.4) is 0 Å². The van der Waals surface area contributed by atoms with E-state index in [-0.39, 0.29) is 40.6 Å². The molecule has 1 aliphatic heterocycles. The van der Waals surface area contributed by atoms with E-state index in [1.807, 2.05) is 0 Å². The maximum atomic E-state index is 13.5. The highest BCUT2D eigenvalue weighted by Gasteiger charge is 2.55. The molecule has 0 aromatic heterocycles. The van der Waals surface area contributed by atoms with Crippen molar-refractivity contribution in [1.82, 2.24) is 16.0 Å². The summed E-state index contributed by atoms with van der Waals surface area (Å²) in [6.07, 6.45) is 3.53. The van der Waals surface area contributed by atoms with Crippen molar-refractivity contribution in [1.29, 1.82) is 0 Å². The lowest BCUT2D eigenvalue weighted by atomic mass is 9.59. The summed E-state index contributed by atoms with van der Waals surface area (Å²) in [7, 11) is 0. The lowest BCUT2D eigenvalue weighted by Crippen LogP contribution is -2.71. The molecule has 1 aromatic carbocycles. The van der Waals surface area contributed by atoms with Crippen molar-refractivity contribution < 1.29 is 23.8 Å². The molecule has 4 fully saturated rings. The number of hydrogen-bond acceptors (Lipinski definition) is 5. The van der Waals surface area contributed by atoms with Gasteiger partial charge in [-0.15, -0.1) is 11.6 Å². The summed E-state index contributed by atoms with van der Waals surface area (Å²) in [4.78, 5) is 25.3. The Morgan fingerprint density at radius 3 is 2.59 bits per heavy atom. The fraction of sp³-hybridized carbons (Fsp3) is 0.636. The molecule has 0 radical (unpaired) electrons. The number of ether oxygens (including phenoxy) is 1. The number of aliphatic hydroxyl groups excluding tert-OH is 1. The largest absolute Gasteiger partial charge is 0.484 e. The Labute approximate surface area is 196 Å². The molecule has 4 N–H and O–H groups in total. The minimum absolute atomic E-state index is 0.0219. The molecule has 4 aliphatic rings. The molecule has 32 heavy (non-hydrogen) atoms. The van der Waals surface area contributed by atoms with Crippen LogP contribution in [-0.4, -0.2) is 58.7 Å². The van der Waals surface area contributed by atoms with Crippen molar-refractivity contribution in [3.63, 3.8) is 0 Å². The second-order valence-corrected chi connectivity index (χ2v) is 10.2. The number of piperidine rings is 1. The van der Waals surface area contributed by atoms with Gasteiger partial charge in [0.15, 0.2) is 6.61 Å². The van der Waals surface area contributed by atoms with Crippen LogP contribution in [0.25, 0.3) is 0 Å². The molecule has 2 bridgehead atoms. The van der Waals surface area contributed by atoms with Crippen LogP contribution in [0.15, 0.2) is 18.2 Å². The van der Waals surface area contributed by atoms with Crippen LogP contribution in [-0.2, 0) is 9.59 Å². The zero-order valence-corrected chi connectivity index (χ0v) is 19.1. The van der Waals surface area contributed by atoms with E-state index in [0.717, 1.165) is 12.5 Å². The first-order valence-electron chi connectivity index (χ1n) is 11.0. The third kappa shape index (κ3) is 4.98. The molecule has 10 heteroatoms. The van der Waals surface area contributed by atoms with E-state index in [1.165, 1.54) is 12.1 Å². The molecular weight excluding hydrogens is 460 g/mol. The van der Waals surface area contributed by atoms with Gasteiger partial charge in [-0.3, -0.25) is 9.59 Å². The quantitative estimate of drug-likeness (QED) is 0.461. The van der Waals surface area contributed by atoms with Gasteiger partial charge in [-0.25, -0.2) is 4.39 Å². The molecule has 5 rings (SSSR count). The summed E-state index contributed by atoms with van der Waals surface area (Å²) in [5.41, 5.74) is -1.20. The van der Waals surface area contributed by atoms with Crippen LogP contribution in [0.1, 0.15) is 44.9 Å². The van der Waals surface area contributed by atoms with E-state index in [0.29, 0.717) is 45.1 Å². The van der Waals surface area contributed by atoms with Gasteiger partial charge >= 0.3 is 0 Å². The monoisotopic (exact) mass is 487 g/mol. The second-order valence-electron chi connectivity index (χ2n) is 9.19. The third-order valence-corrected chi connectivity index (χ3v) is 7.71. The molecule has 3 aliphatic carbocycles. The summed E-state index contributed by atoms with van der Waals surface area (Å²) in [5.74, 6) is -0.865. The lowest BCUT2D eigenvalue weighted by molar-refractivity contribution is -0.137. The van der Waals surface area contributed by atoms with Gasteiger partial charge in [0.05, 0.1) is 22.7 Å². The maximum absolute atomic E-state index is 13.5. The standard InChI is InChI=1S/C22H28Cl2FN3O4/c23-13-1-4-17(26-11-13)20(31)28-21-5-7-22(8-6-21,18(29)10-21)27-19(30)12-32-14-2-3-15(24)16(25)9-14/h2-3,9,13,17-18,26,29H,1,4-8,10-12H2,(H,27,30)(H,28,31)/t13?,17?,18-,21?,22?/m0/s1. The number of amides is 2. The van der Waals surface area contributed by atoms with Crippen molar-refractivity contribution in [3.05, 3.63) is 29.0 Å². The minimum atomic E-state index is -0.784. The highest BCUT2D eigenvalue weighted by atomic mass is 35.5. The highest BCUT2D eigenvalue weighted by Crippen LogP contribution is 2.47. The Kier molecular flexibility index (Phi) is 6.86. The van der Waals surface area contributed by atoms with Gasteiger partial charge in [-0.2, -0.15) is 0 Å². The number of aliphatic hydroxyl groups is 1. The smallest absolute Gasteiger partial charge is 0.258 e. The summed E-state index contributed by atoms with van der Waals surface area (Å²) in [6, 6.07) is 3.70. The average molecular weight is 488 g/mol. The first-order valence-corrected chi connectivity index (χ1v) is 11.8. The highest BCUT2D eigenvalue weighted by molar-refractivity contribution is 6.30. The van der Waals surface area contributed by atoms with E-state index >= 15 is 0 Å². The summed E-state index contributed by atoms with van der Waals surface area (Å²) < 4.78 is 18.9. The molecule has 2 amide bonds. The number of rotatable bonds is 6. The predicted octanol–water partition coefficient (Wildman–Crippen LogP) is 2.27. The molecule has 0 spiro atoms. The van der Waals surface area contributed by atoms with Crippen LogP contribution >= 0.6 is 23.2 Å². The third-order valence-electron chi connectivity index (χ3n) is 7.03. The Balaban J connectivity index is 1.30. The number of halogens is 3. The normalized spacial score (nSPS) is 34.1. The summed E-state index contributed by atoms with van der Waals surface area (Å²) in [5, 5.41) is 20.2. The number of carbonyl (C=O) groups is 2. The molecule has 3 atom stereocenters. The lowest BCUT2D eigenvalue weighted by Gasteiger charge is -2.56. The molecule has 3 saturated carbocycles. The average Bonchev–Trinajstić information content (AvgIpc) is 2.76. The van der Waals surface area contributed by atoms with Gasteiger partial charge in [0.25, 0.3) is 5.91 Å². The van der Waals surface area contributed by atoms with Crippen LogP contribution in [0.5, 0.6) is 5.75 Å². The van der Waals surface area contributed by atoms with Gasteiger partial charge in [0.1, 0.15) is 11.6 Å². The second kappa shape index (κ2) is 9.33. The number of carbonyl (C=O) groups excluding carboxylic acids is 2. The van der Waals surface area contributed by atoms with Crippen molar-refractivity contribution in [2.45, 2.75) is 73.5 Å². The number of hydrogen-bond donors (Lipinski definition) is 4. The van der Waals surface area contributed by atoms with E-state index in [4.69, 9.17) is 27.9 Å². The molecular formula is C22H28Cl2FN3O4. The topological polar surface area (TPSA) is 99.7 Å². The fourth-order valence-electron chi connectivity index (χ4n) is 5.09. The van der Waals surface area contributed by atoms with Crippen LogP contribution in [0, 0.1) is 5.82 Å². The van der Waals surface area contributed by atoms with Gasteiger partial charge in [0, 0.05) is 23.5 Å². The van der Waals surface area contributed by atoms with Crippen LogP contribution in [0.2, 0.25) is 5.02 Å². The molecule has 1 heterocycles. The molecule has 7 nitrogen and oxygen atoms in total. The number of nitrogens with one attached hydrogen (secondary N) is 3. The minimum Gasteiger partial charge on any atom is -0.484 e. The summed E-state index contributed by atoms with van der Waals surface area (Å²) >= 11 is 11.7. The van der Waals surface area contributed by atoms with E-state index in [1.54, 1.807) is 0 Å². The van der Waals surface area contributed by atoms with Gasteiger partial charge in [0.2, 0.25) is 5.91 Å². The first-order chi connectivity index (χ1) is 15.2. The van der Waals surface area contributed by atoms with E-state index in [2.05, 4.69) is 16.0 Å². The SMILES string of the molecule is O=C(COc1ccc(Cl)c(F)c1)NC12CCC(NC(=O)C3CCC(Cl)CN3)(CC1)C[C@@H]2O. The maximum Gasteiger partial charge on any atom is 0.258 e. The fourth-order valence-corrected chi connectivity index (χ4v) is 5.42. The van der Waals surface area contributed by atoms with Crippen molar-refractivity contribution in [2.24, 2.45) is 0 Å². The number of benzene rings is 1. The van der Waals surface area contributed by atoms with Gasteiger partial charge < -0.3 is 25.8 Å². The predicted molar refractivity (Wildman–Crippen MR) is 118 cm³/mol. The molecule has 176 valence electrons. The Morgan fingerprint density at radius 2 is 1.97 bits per heavy atom. The Hall–Kier alpha value is -1.61. The van der Waals surface area contributed by atoms with Crippen molar-refractivity contribution in [2.75, 3.05) is 13.2 Å². The molecule has 2 unspecified atom stereocenters. The van der Waals surface area contributed by atoms with E-state index < -0.39 is 23.0 Å². The van der Waals surface area contributed by atoms with Crippen LogP contribution < -0.4 is 20.7 Å². The zero-order chi connectivity index (χ0) is 22.9. The first kappa shape index (κ1) is 23.5. The van der Waals surface area contributed by atoms with Crippen molar-refractivity contribution in [3.8, 4) is 5.75 Å². The van der Waals surface area contributed by atoms with Crippen molar-refractivity contribution >= 4 is 35.0 Å². The number of alkyl halides is 1. The number of fused-ring (bicyclic) bond motifs is 3. The van der Waals surface area contributed by atoms with Gasteiger partial charge in [-0.05, 0) is 57.1 Å². The zero-order valence-electron chi connectivity index (χ0n) is 17.6. The van der Waals surface area contributed by atoms with Gasteiger partial charge in [-0.1, -0.05) is 11.6 Å².